The molecule has 0 radical (unpaired) electrons. The molecule has 4 aromatic rings. The number of carbonyl (C=O) groups is 1. The molecule has 2 aromatic heterocycles. The number of rotatable bonds is 6. The third kappa shape index (κ3) is 4.04. The van der Waals surface area contributed by atoms with E-state index in [4.69, 9.17) is 0 Å². The topological polar surface area (TPSA) is 54.9 Å². The average Bonchev–Trinajstić information content (AvgIpc) is 3.47. The van der Waals surface area contributed by atoms with Gasteiger partial charge in [0.15, 0.2) is 0 Å². The van der Waals surface area contributed by atoms with E-state index in [-0.39, 0.29) is 11.2 Å². The van der Waals surface area contributed by atoms with E-state index in [2.05, 4.69) is 33.5 Å². The maximum Gasteiger partial charge on any atom is 0.238 e. The van der Waals surface area contributed by atoms with Crippen molar-refractivity contribution in [3.8, 4) is 10.4 Å². The Labute approximate surface area is 177 Å². The monoisotopic (exact) mass is 417 g/mol. The Kier molecular flexibility index (Phi) is 5.04. The summed E-state index contributed by atoms with van der Waals surface area (Å²) in [5.41, 5.74) is 2.15. The highest BCUT2D eigenvalue weighted by atomic mass is 32.2. The lowest BCUT2D eigenvalue weighted by Gasteiger charge is -2.16. The number of thioether (sulfide) groups is 1. The molecule has 0 saturated heterocycles. The minimum atomic E-state index is -0.338. The van der Waals surface area contributed by atoms with E-state index in [9.17, 15) is 4.79 Å². The van der Waals surface area contributed by atoms with E-state index in [0.29, 0.717) is 6.04 Å². The lowest BCUT2D eigenvalue weighted by molar-refractivity contribution is -0.120. The van der Waals surface area contributed by atoms with Crippen LogP contribution in [0.15, 0.2) is 78.1 Å². The normalized spacial score (nSPS) is 14.6. The highest BCUT2D eigenvalue weighted by Gasteiger charge is 2.30. The van der Waals surface area contributed by atoms with E-state index in [0.717, 1.165) is 44.1 Å². The molecule has 0 spiro atoms. The van der Waals surface area contributed by atoms with Gasteiger partial charge in [0.25, 0.3) is 0 Å². The van der Waals surface area contributed by atoms with Gasteiger partial charge in [-0.3, -0.25) is 4.79 Å². The van der Waals surface area contributed by atoms with Crippen molar-refractivity contribution in [1.29, 1.82) is 0 Å². The molecule has 5 rings (SSSR count). The van der Waals surface area contributed by atoms with Crippen molar-refractivity contribution in [3.63, 3.8) is 0 Å². The van der Waals surface area contributed by atoms with E-state index in [1.807, 2.05) is 48.5 Å². The summed E-state index contributed by atoms with van der Waals surface area (Å²) >= 11 is 3.15. The van der Waals surface area contributed by atoms with Gasteiger partial charge in [0.2, 0.25) is 5.91 Å². The first-order chi connectivity index (χ1) is 14.3. The first-order valence-corrected chi connectivity index (χ1v) is 11.3. The van der Waals surface area contributed by atoms with Crippen LogP contribution in [0.4, 0.5) is 0 Å². The fraction of sp³-hybridized carbons (Fsp3) is 0.174. The van der Waals surface area contributed by atoms with Crippen LogP contribution in [0.3, 0.4) is 0 Å². The number of fused-ring (bicyclic) bond motifs is 1. The number of benzene rings is 2. The van der Waals surface area contributed by atoms with Crippen molar-refractivity contribution in [2.24, 2.45) is 0 Å². The largest absolute Gasteiger partial charge is 0.352 e. The molecule has 29 heavy (non-hydrogen) atoms. The van der Waals surface area contributed by atoms with Crippen LogP contribution in [0.5, 0.6) is 0 Å². The smallest absolute Gasteiger partial charge is 0.238 e. The molecule has 4 nitrogen and oxygen atoms in total. The maximum atomic E-state index is 13.0. The van der Waals surface area contributed by atoms with Gasteiger partial charge in [0, 0.05) is 16.3 Å². The standard InChI is InChI=1S/C23H19N3OS2/c27-21(26-17-11-12-17)20(16-9-5-2-6-10-16)29-23-18-13-19(15-7-3-1-4-8-15)28-22(18)24-14-25-23/h1-10,13-14,17,20H,11-12H2,(H,26,27). The van der Waals surface area contributed by atoms with Crippen molar-refractivity contribution in [2.45, 2.75) is 29.2 Å². The second-order valence-electron chi connectivity index (χ2n) is 7.07. The van der Waals surface area contributed by atoms with Crippen molar-refractivity contribution in [2.75, 3.05) is 0 Å². The molecule has 1 N–H and O–H groups in total. The van der Waals surface area contributed by atoms with Crippen molar-refractivity contribution < 1.29 is 4.79 Å². The number of nitrogens with one attached hydrogen (secondary N) is 1. The fourth-order valence-corrected chi connectivity index (χ4v) is 5.34. The van der Waals surface area contributed by atoms with Gasteiger partial charge >= 0.3 is 0 Å². The molecule has 144 valence electrons. The second kappa shape index (κ2) is 7.97. The third-order valence-corrected chi connectivity index (χ3v) is 7.21. The van der Waals surface area contributed by atoms with Crippen LogP contribution in [0.25, 0.3) is 20.7 Å². The van der Waals surface area contributed by atoms with Gasteiger partial charge in [-0.1, -0.05) is 72.4 Å². The van der Waals surface area contributed by atoms with Crippen LogP contribution in [0, 0.1) is 0 Å². The summed E-state index contributed by atoms with van der Waals surface area (Å²) in [7, 11) is 0. The number of carbonyl (C=O) groups excluding carboxylic acids is 1. The first kappa shape index (κ1) is 18.3. The summed E-state index contributed by atoms with van der Waals surface area (Å²) in [5, 5.41) is 4.66. The van der Waals surface area contributed by atoms with E-state index < -0.39 is 0 Å². The molecule has 2 aromatic carbocycles. The first-order valence-electron chi connectivity index (χ1n) is 9.60. The number of nitrogens with zero attached hydrogens (tertiary/aromatic N) is 2. The third-order valence-electron chi connectivity index (χ3n) is 4.84. The quantitative estimate of drug-likeness (QED) is 0.334. The molecular weight excluding hydrogens is 398 g/mol. The predicted octanol–water partition coefficient (Wildman–Crippen LogP) is 5.47. The summed E-state index contributed by atoms with van der Waals surface area (Å²) in [6.07, 6.45) is 3.73. The number of aromatic nitrogens is 2. The van der Waals surface area contributed by atoms with Crippen molar-refractivity contribution in [3.05, 3.63) is 78.6 Å². The van der Waals surface area contributed by atoms with Gasteiger partial charge in [0.05, 0.1) is 0 Å². The molecule has 2 heterocycles. The van der Waals surface area contributed by atoms with Gasteiger partial charge in [-0.2, -0.15) is 0 Å². The molecule has 1 atom stereocenters. The predicted molar refractivity (Wildman–Crippen MR) is 119 cm³/mol. The van der Waals surface area contributed by atoms with Crippen LogP contribution >= 0.6 is 23.1 Å². The lowest BCUT2D eigenvalue weighted by atomic mass is 10.1. The Morgan fingerprint density at radius 1 is 1.03 bits per heavy atom. The van der Waals surface area contributed by atoms with E-state index >= 15 is 0 Å². The molecule has 1 aliphatic carbocycles. The van der Waals surface area contributed by atoms with Gasteiger partial charge < -0.3 is 5.32 Å². The average molecular weight is 418 g/mol. The minimum absolute atomic E-state index is 0.0500. The maximum absolute atomic E-state index is 13.0. The number of amides is 1. The van der Waals surface area contributed by atoms with Crippen molar-refractivity contribution >= 4 is 39.2 Å². The molecule has 1 saturated carbocycles. The van der Waals surface area contributed by atoms with Gasteiger partial charge in [-0.15, -0.1) is 11.3 Å². The van der Waals surface area contributed by atoms with Crippen LogP contribution in [0.1, 0.15) is 23.7 Å². The molecular formula is C23H19N3OS2. The Hall–Kier alpha value is -2.70. The molecule has 1 amide bonds. The van der Waals surface area contributed by atoms with Gasteiger partial charge in [-0.25, -0.2) is 9.97 Å². The summed E-state index contributed by atoms with van der Waals surface area (Å²) < 4.78 is 0. The zero-order valence-electron chi connectivity index (χ0n) is 15.6. The van der Waals surface area contributed by atoms with Crippen LogP contribution in [-0.2, 0) is 4.79 Å². The summed E-state index contributed by atoms with van der Waals surface area (Å²) in [6.45, 7) is 0. The second-order valence-corrected chi connectivity index (χ2v) is 9.19. The summed E-state index contributed by atoms with van der Waals surface area (Å²) in [4.78, 5) is 24.1. The zero-order valence-corrected chi connectivity index (χ0v) is 17.2. The summed E-state index contributed by atoms with van der Waals surface area (Å²) in [5.74, 6) is 0.0500. The highest BCUT2D eigenvalue weighted by molar-refractivity contribution is 8.00. The molecule has 0 bridgehead atoms. The molecule has 1 fully saturated rings. The van der Waals surface area contributed by atoms with Crippen LogP contribution < -0.4 is 5.32 Å². The number of thiophene rings is 1. The Morgan fingerprint density at radius 2 is 1.76 bits per heavy atom. The molecule has 1 aliphatic rings. The molecule has 0 aliphatic heterocycles. The van der Waals surface area contributed by atoms with Crippen LogP contribution in [0.2, 0.25) is 0 Å². The Morgan fingerprint density at radius 3 is 2.48 bits per heavy atom. The highest BCUT2D eigenvalue weighted by Crippen LogP contribution is 2.41. The molecule has 6 heteroatoms. The fourth-order valence-electron chi connectivity index (χ4n) is 3.19. The lowest BCUT2D eigenvalue weighted by Crippen LogP contribution is -2.29. The number of hydrogen-bond acceptors (Lipinski definition) is 5. The summed E-state index contributed by atoms with van der Waals surface area (Å²) in [6, 6.07) is 22.7. The van der Waals surface area contributed by atoms with E-state index in [1.165, 1.54) is 11.8 Å². The SMILES string of the molecule is O=C(NC1CC1)C(Sc1ncnc2sc(-c3ccccc3)cc12)c1ccccc1. The van der Waals surface area contributed by atoms with Crippen LogP contribution in [-0.4, -0.2) is 21.9 Å². The van der Waals surface area contributed by atoms with E-state index in [1.54, 1.807) is 17.7 Å². The zero-order chi connectivity index (χ0) is 19.6. The Balaban J connectivity index is 1.51. The molecule has 1 unspecified atom stereocenters. The van der Waals surface area contributed by atoms with Gasteiger partial charge in [-0.05, 0) is 30.0 Å². The number of hydrogen-bond donors (Lipinski definition) is 1. The van der Waals surface area contributed by atoms with Gasteiger partial charge in [0.1, 0.15) is 21.4 Å². The Bertz CT molecular complexity index is 1140. The van der Waals surface area contributed by atoms with Crippen molar-refractivity contribution in [1.82, 2.24) is 15.3 Å². The minimum Gasteiger partial charge on any atom is -0.352 e.